The second-order valence-corrected chi connectivity index (χ2v) is 4.28. The van der Waals surface area contributed by atoms with E-state index in [9.17, 15) is 4.79 Å². The van der Waals surface area contributed by atoms with Crippen LogP contribution in [0.4, 0.5) is 0 Å². The summed E-state index contributed by atoms with van der Waals surface area (Å²) in [5.74, 6) is 1.17. The minimum Gasteiger partial charge on any atom is -0.381 e. The average Bonchev–Trinajstić information content (AvgIpc) is 2.82. The topological polar surface area (TPSA) is 56.5 Å². The van der Waals surface area contributed by atoms with E-state index in [1.165, 1.54) is 0 Å². The maximum atomic E-state index is 10.8. The molecule has 0 aromatic carbocycles. The van der Waals surface area contributed by atoms with Crippen LogP contribution >= 0.6 is 0 Å². The van der Waals surface area contributed by atoms with Gasteiger partial charge in [0.1, 0.15) is 5.82 Å². The summed E-state index contributed by atoms with van der Waals surface area (Å²) in [5.41, 5.74) is 1.41. The monoisotopic (exact) mass is 231 g/mol. The zero-order valence-corrected chi connectivity index (χ0v) is 9.37. The minimum absolute atomic E-state index is 0.278. The zero-order chi connectivity index (χ0) is 11.7. The van der Waals surface area contributed by atoms with Crippen LogP contribution in [0.25, 0.3) is 5.65 Å². The first-order chi connectivity index (χ1) is 8.38. The predicted molar refractivity (Wildman–Crippen MR) is 61.2 cm³/mol. The third-order valence-corrected chi connectivity index (χ3v) is 3.11. The van der Waals surface area contributed by atoms with Gasteiger partial charge < -0.3 is 4.74 Å². The average molecular weight is 231 g/mol. The van der Waals surface area contributed by atoms with Crippen LogP contribution in [0.1, 0.15) is 34.9 Å². The number of nitrogens with zero attached hydrogens (tertiary/aromatic N) is 3. The highest BCUT2D eigenvalue weighted by molar-refractivity contribution is 5.74. The molecular weight excluding hydrogens is 218 g/mol. The number of ether oxygens (including phenoxy) is 1. The van der Waals surface area contributed by atoms with Crippen LogP contribution in [0.15, 0.2) is 18.3 Å². The van der Waals surface area contributed by atoms with Crippen LogP contribution in [0.3, 0.4) is 0 Å². The standard InChI is InChI=1S/C12H13N3O2/c16-7-9-3-4-11-13-14-12(15(11)6-9)10-2-1-5-17-8-10/h3-4,6-7,10H,1-2,5,8H2. The summed E-state index contributed by atoms with van der Waals surface area (Å²) in [4.78, 5) is 10.8. The van der Waals surface area contributed by atoms with Gasteiger partial charge in [0.05, 0.1) is 6.61 Å². The van der Waals surface area contributed by atoms with Gasteiger partial charge in [-0.3, -0.25) is 9.20 Å². The molecule has 0 bridgehead atoms. The Bertz CT molecular complexity index is 544. The number of hydrogen-bond acceptors (Lipinski definition) is 4. The number of pyridine rings is 1. The van der Waals surface area contributed by atoms with E-state index in [1.54, 1.807) is 12.3 Å². The van der Waals surface area contributed by atoms with Crippen LogP contribution in [0.2, 0.25) is 0 Å². The maximum Gasteiger partial charge on any atom is 0.160 e. The van der Waals surface area contributed by atoms with Gasteiger partial charge in [0.25, 0.3) is 0 Å². The van der Waals surface area contributed by atoms with Crippen LogP contribution in [0.5, 0.6) is 0 Å². The number of hydrogen-bond donors (Lipinski definition) is 0. The smallest absolute Gasteiger partial charge is 0.160 e. The Kier molecular flexibility index (Phi) is 2.60. The molecule has 2 aromatic heterocycles. The van der Waals surface area contributed by atoms with E-state index >= 15 is 0 Å². The molecule has 0 saturated carbocycles. The fourth-order valence-corrected chi connectivity index (χ4v) is 2.22. The first-order valence-electron chi connectivity index (χ1n) is 5.76. The van der Waals surface area contributed by atoms with Gasteiger partial charge in [-0.25, -0.2) is 0 Å². The van der Waals surface area contributed by atoms with Crippen LogP contribution in [0, 0.1) is 0 Å². The SMILES string of the molecule is O=Cc1ccc2nnc(C3CCCOC3)n2c1. The number of carbonyl (C=O) groups is 1. The molecule has 1 atom stereocenters. The molecule has 1 unspecified atom stereocenters. The lowest BCUT2D eigenvalue weighted by Crippen LogP contribution is -2.17. The summed E-state index contributed by atoms with van der Waals surface area (Å²) >= 11 is 0. The summed E-state index contributed by atoms with van der Waals surface area (Å²) in [7, 11) is 0. The first-order valence-corrected chi connectivity index (χ1v) is 5.76. The van der Waals surface area contributed by atoms with Gasteiger partial charge in [-0.15, -0.1) is 10.2 Å². The number of aldehydes is 1. The van der Waals surface area contributed by atoms with Crippen molar-refractivity contribution in [2.45, 2.75) is 18.8 Å². The minimum atomic E-state index is 0.278. The third kappa shape index (κ3) is 1.82. The van der Waals surface area contributed by atoms with Gasteiger partial charge >= 0.3 is 0 Å². The van der Waals surface area contributed by atoms with E-state index < -0.39 is 0 Å². The number of carbonyl (C=O) groups excluding carboxylic acids is 1. The van der Waals surface area contributed by atoms with Crippen molar-refractivity contribution in [3.8, 4) is 0 Å². The van der Waals surface area contributed by atoms with Crippen molar-refractivity contribution in [3.05, 3.63) is 29.7 Å². The van der Waals surface area contributed by atoms with Crippen molar-refractivity contribution in [3.63, 3.8) is 0 Å². The lowest BCUT2D eigenvalue weighted by atomic mass is 10.0. The normalized spacial score (nSPS) is 20.6. The van der Waals surface area contributed by atoms with Crippen molar-refractivity contribution < 1.29 is 9.53 Å². The molecule has 1 aliphatic rings. The van der Waals surface area contributed by atoms with E-state index in [4.69, 9.17) is 4.74 Å². The van der Waals surface area contributed by atoms with Gasteiger partial charge in [0.2, 0.25) is 0 Å². The van der Waals surface area contributed by atoms with Gasteiger partial charge in [-0.2, -0.15) is 0 Å². The Labute approximate surface area is 98.4 Å². The van der Waals surface area contributed by atoms with Crippen molar-refractivity contribution in [2.24, 2.45) is 0 Å². The van der Waals surface area contributed by atoms with E-state index in [0.29, 0.717) is 12.2 Å². The second kappa shape index (κ2) is 4.25. The van der Waals surface area contributed by atoms with Gasteiger partial charge in [0.15, 0.2) is 11.9 Å². The van der Waals surface area contributed by atoms with Gasteiger partial charge in [-0.1, -0.05) is 0 Å². The molecule has 88 valence electrons. The number of fused-ring (bicyclic) bond motifs is 1. The Morgan fingerprint density at radius 3 is 3.12 bits per heavy atom. The Hall–Kier alpha value is -1.75. The van der Waals surface area contributed by atoms with Crippen LogP contribution in [-0.4, -0.2) is 34.1 Å². The zero-order valence-electron chi connectivity index (χ0n) is 9.37. The molecule has 1 aliphatic heterocycles. The molecule has 2 aromatic rings. The Morgan fingerprint density at radius 1 is 1.41 bits per heavy atom. The van der Waals surface area contributed by atoms with Crippen molar-refractivity contribution >= 4 is 11.9 Å². The third-order valence-electron chi connectivity index (χ3n) is 3.11. The predicted octanol–water partition coefficient (Wildman–Crippen LogP) is 1.44. The molecule has 5 nitrogen and oxygen atoms in total. The molecule has 0 N–H and O–H groups in total. The molecule has 17 heavy (non-hydrogen) atoms. The van der Waals surface area contributed by atoms with Crippen molar-refractivity contribution in [2.75, 3.05) is 13.2 Å². The molecule has 0 spiro atoms. The maximum absolute atomic E-state index is 10.8. The lowest BCUT2D eigenvalue weighted by molar-refractivity contribution is 0.0778. The molecule has 0 radical (unpaired) electrons. The fourth-order valence-electron chi connectivity index (χ4n) is 2.22. The summed E-state index contributed by atoms with van der Waals surface area (Å²) in [5, 5.41) is 8.32. The summed E-state index contributed by atoms with van der Waals surface area (Å²) in [6.07, 6.45) is 4.73. The van der Waals surface area contributed by atoms with Crippen LogP contribution < -0.4 is 0 Å². The van der Waals surface area contributed by atoms with Gasteiger partial charge in [-0.05, 0) is 25.0 Å². The van der Waals surface area contributed by atoms with Crippen molar-refractivity contribution in [1.82, 2.24) is 14.6 Å². The van der Waals surface area contributed by atoms with Crippen LogP contribution in [-0.2, 0) is 4.74 Å². The molecule has 3 heterocycles. The molecule has 3 rings (SSSR count). The highest BCUT2D eigenvalue weighted by atomic mass is 16.5. The number of aromatic nitrogens is 3. The molecule has 0 aliphatic carbocycles. The molecule has 5 heteroatoms. The second-order valence-electron chi connectivity index (χ2n) is 4.28. The van der Waals surface area contributed by atoms with E-state index in [0.717, 1.165) is 37.2 Å². The Morgan fingerprint density at radius 2 is 2.35 bits per heavy atom. The highest BCUT2D eigenvalue weighted by Gasteiger charge is 2.21. The molecule has 1 fully saturated rings. The quantitative estimate of drug-likeness (QED) is 0.734. The van der Waals surface area contributed by atoms with E-state index in [-0.39, 0.29) is 5.92 Å². The summed E-state index contributed by atoms with van der Waals surface area (Å²) < 4.78 is 7.35. The fraction of sp³-hybridized carbons (Fsp3) is 0.417. The first kappa shape index (κ1) is 10.4. The van der Waals surface area contributed by atoms with E-state index in [2.05, 4.69) is 10.2 Å². The summed E-state index contributed by atoms with van der Waals surface area (Å²) in [6.45, 7) is 1.51. The Balaban J connectivity index is 2.05. The van der Waals surface area contributed by atoms with E-state index in [1.807, 2.05) is 10.5 Å². The number of rotatable bonds is 2. The molecular formula is C12H13N3O2. The largest absolute Gasteiger partial charge is 0.381 e. The highest BCUT2D eigenvalue weighted by Crippen LogP contribution is 2.24. The van der Waals surface area contributed by atoms with Gasteiger partial charge in [0, 0.05) is 24.3 Å². The summed E-state index contributed by atoms with van der Waals surface area (Å²) in [6, 6.07) is 3.56. The molecule has 1 saturated heterocycles. The van der Waals surface area contributed by atoms with Crippen molar-refractivity contribution in [1.29, 1.82) is 0 Å². The lowest BCUT2D eigenvalue weighted by Gasteiger charge is -2.20. The molecule has 0 amide bonds.